The van der Waals surface area contributed by atoms with Gasteiger partial charge in [0.05, 0.1) is 17.9 Å². The molecule has 0 aliphatic carbocycles. The molecule has 5 rings (SSSR count). The number of aromatic nitrogens is 4. The van der Waals surface area contributed by atoms with Gasteiger partial charge in [-0.25, -0.2) is 18.9 Å². The lowest BCUT2D eigenvalue weighted by atomic mass is 9.99. The molecule has 2 N–H and O–H groups in total. The van der Waals surface area contributed by atoms with E-state index in [0.29, 0.717) is 6.54 Å². The van der Waals surface area contributed by atoms with Crippen LogP contribution in [0.1, 0.15) is 53.5 Å². The first-order chi connectivity index (χ1) is 15.0. The Morgan fingerprint density at radius 2 is 2.10 bits per heavy atom. The number of aryl methyl sites for hydroxylation is 1. The number of rotatable bonds is 3. The van der Waals surface area contributed by atoms with Crippen LogP contribution >= 0.6 is 0 Å². The number of likely N-dealkylation sites (tertiary alicyclic amines) is 1. The van der Waals surface area contributed by atoms with Crippen LogP contribution in [0.15, 0.2) is 30.6 Å². The average Bonchev–Trinajstić information content (AvgIpc) is 3.39. The molecule has 3 aromatic rings. The van der Waals surface area contributed by atoms with E-state index in [9.17, 15) is 9.18 Å². The topological polar surface area (TPSA) is 92.6 Å². The fourth-order valence-corrected chi connectivity index (χ4v) is 4.61. The molecule has 2 atom stereocenters. The summed E-state index contributed by atoms with van der Waals surface area (Å²) in [6, 6.07) is 4.69. The van der Waals surface area contributed by atoms with Crippen molar-refractivity contribution in [3.63, 3.8) is 0 Å². The van der Waals surface area contributed by atoms with E-state index in [2.05, 4.69) is 9.88 Å². The number of piperidine rings is 1. The van der Waals surface area contributed by atoms with Gasteiger partial charge in [0.15, 0.2) is 5.65 Å². The third-order valence-electron chi connectivity index (χ3n) is 6.20. The van der Waals surface area contributed by atoms with Crippen LogP contribution < -0.4 is 10.6 Å². The fraction of sp³-hybridized carbons (Fsp3) is 0.455. The molecule has 0 radical (unpaired) electrons. The first-order valence-corrected chi connectivity index (χ1v) is 10.8. The first-order valence-electron chi connectivity index (χ1n) is 10.8. The molecule has 1 amide bonds. The smallest absolute Gasteiger partial charge is 0.273 e. The lowest BCUT2D eigenvalue weighted by molar-refractivity contribution is 0.0599. The highest BCUT2D eigenvalue weighted by molar-refractivity contribution is 5.92. The summed E-state index contributed by atoms with van der Waals surface area (Å²) in [6.07, 6.45) is 6.80. The van der Waals surface area contributed by atoms with E-state index in [1.54, 1.807) is 9.42 Å². The van der Waals surface area contributed by atoms with Crippen molar-refractivity contribution >= 4 is 17.4 Å². The van der Waals surface area contributed by atoms with Crippen LogP contribution in [0.4, 0.5) is 10.2 Å². The zero-order chi connectivity index (χ0) is 21.5. The molecule has 2 aliphatic heterocycles. The molecule has 5 heterocycles. The van der Waals surface area contributed by atoms with Crippen LogP contribution in [0.3, 0.4) is 0 Å². The highest BCUT2D eigenvalue weighted by Gasteiger charge is 2.31. The summed E-state index contributed by atoms with van der Waals surface area (Å²) in [6.45, 7) is 4.37. The van der Waals surface area contributed by atoms with Crippen LogP contribution in [-0.2, 0) is 0 Å². The number of hydrogen-bond donors (Lipinski definition) is 1. The Bertz CT molecular complexity index is 1110. The minimum atomic E-state index is -0.455. The van der Waals surface area contributed by atoms with Gasteiger partial charge in [-0.1, -0.05) is 0 Å². The summed E-state index contributed by atoms with van der Waals surface area (Å²) >= 11 is 0. The monoisotopic (exact) mass is 423 g/mol. The molecule has 0 aromatic carbocycles. The molecule has 0 spiro atoms. The molecule has 3 aromatic heterocycles. The Hall–Kier alpha value is -3.07. The van der Waals surface area contributed by atoms with Gasteiger partial charge in [0, 0.05) is 43.5 Å². The van der Waals surface area contributed by atoms with Crippen LogP contribution in [0.25, 0.3) is 5.65 Å². The van der Waals surface area contributed by atoms with E-state index < -0.39 is 5.82 Å². The number of halogens is 1. The summed E-state index contributed by atoms with van der Waals surface area (Å²) in [5.41, 5.74) is 8.95. The predicted molar refractivity (Wildman–Crippen MR) is 114 cm³/mol. The minimum Gasteiger partial charge on any atom is -0.355 e. The number of fused-ring (bicyclic) bond motifs is 1. The van der Waals surface area contributed by atoms with Gasteiger partial charge in [-0.05, 0) is 44.7 Å². The lowest BCUT2D eigenvalue weighted by Gasteiger charge is -2.34. The van der Waals surface area contributed by atoms with Crippen molar-refractivity contribution in [3.05, 3.63) is 53.4 Å². The van der Waals surface area contributed by atoms with Crippen LogP contribution in [0.5, 0.6) is 0 Å². The molecule has 8 nitrogen and oxygen atoms in total. The fourth-order valence-electron chi connectivity index (χ4n) is 4.61. The maximum Gasteiger partial charge on any atom is 0.273 e. The number of hydrogen-bond acceptors (Lipinski definition) is 6. The molecule has 0 saturated carbocycles. The van der Waals surface area contributed by atoms with Gasteiger partial charge < -0.3 is 15.5 Å². The summed E-state index contributed by atoms with van der Waals surface area (Å²) < 4.78 is 15.0. The SMILES string of the molecule is Cc1cn2nc([C@@H]3CCCCN3C(=O)c3ccc(F)cn3)cc2nc1N1CC[C@H](N)C1. The molecular weight excluding hydrogens is 397 g/mol. The van der Waals surface area contributed by atoms with Crippen molar-refractivity contribution < 1.29 is 9.18 Å². The number of pyridine rings is 1. The van der Waals surface area contributed by atoms with E-state index in [4.69, 9.17) is 15.8 Å². The molecule has 31 heavy (non-hydrogen) atoms. The van der Waals surface area contributed by atoms with Crippen molar-refractivity contribution in [2.75, 3.05) is 24.5 Å². The van der Waals surface area contributed by atoms with Gasteiger partial charge in [0.25, 0.3) is 5.91 Å². The number of carbonyl (C=O) groups excluding carboxylic acids is 1. The number of amides is 1. The number of carbonyl (C=O) groups is 1. The average molecular weight is 423 g/mol. The summed E-state index contributed by atoms with van der Waals surface area (Å²) in [5, 5.41) is 4.76. The van der Waals surface area contributed by atoms with Crippen molar-refractivity contribution in [1.82, 2.24) is 24.5 Å². The van der Waals surface area contributed by atoms with E-state index >= 15 is 0 Å². The van der Waals surface area contributed by atoms with E-state index in [1.807, 2.05) is 19.2 Å². The quantitative estimate of drug-likeness (QED) is 0.696. The van der Waals surface area contributed by atoms with Gasteiger partial charge in [-0.3, -0.25) is 4.79 Å². The predicted octanol–water partition coefficient (Wildman–Crippen LogP) is 2.48. The molecule has 0 unspecified atom stereocenters. The Morgan fingerprint density at radius 1 is 1.23 bits per heavy atom. The Labute approximate surface area is 179 Å². The largest absolute Gasteiger partial charge is 0.355 e. The lowest BCUT2D eigenvalue weighted by Crippen LogP contribution is -2.39. The van der Waals surface area contributed by atoms with E-state index in [-0.39, 0.29) is 23.7 Å². The van der Waals surface area contributed by atoms with Gasteiger partial charge >= 0.3 is 0 Å². The minimum absolute atomic E-state index is 0.154. The Balaban J connectivity index is 1.46. The Morgan fingerprint density at radius 3 is 2.84 bits per heavy atom. The number of anilines is 1. The Kier molecular flexibility index (Phi) is 5.05. The van der Waals surface area contributed by atoms with Crippen LogP contribution in [0, 0.1) is 12.7 Å². The van der Waals surface area contributed by atoms with Gasteiger partial charge in [-0.2, -0.15) is 5.10 Å². The number of nitrogens with zero attached hydrogens (tertiary/aromatic N) is 6. The second-order valence-corrected chi connectivity index (χ2v) is 8.49. The highest BCUT2D eigenvalue weighted by Crippen LogP contribution is 2.32. The molecule has 0 bridgehead atoms. The van der Waals surface area contributed by atoms with Gasteiger partial charge in [-0.15, -0.1) is 0 Å². The molecule has 9 heteroatoms. The third-order valence-corrected chi connectivity index (χ3v) is 6.20. The van der Waals surface area contributed by atoms with Crippen LogP contribution in [0.2, 0.25) is 0 Å². The summed E-state index contributed by atoms with van der Waals surface area (Å²) in [4.78, 5) is 26.0. The normalized spacial score (nSPS) is 21.8. The van der Waals surface area contributed by atoms with E-state index in [0.717, 1.165) is 67.7 Å². The van der Waals surface area contributed by atoms with Crippen molar-refractivity contribution in [1.29, 1.82) is 0 Å². The molecular formula is C22H26FN7O. The van der Waals surface area contributed by atoms with Crippen molar-refractivity contribution in [2.45, 2.75) is 44.7 Å². The zero-order valence-corrected chi connectivity index (χ0v) is 17.5. The summed E-state index contributed by atoms with van der Waals surface area (Å²) in [5.74, 6) is 0.292. The molecule has 162 valence electrons. The maximum atomic E-state index is 13.2. The van der Waals surface area contributed by atoms with Crippen molar-refractivity contribution in [2.24, 2.45) is 5.73 Å². The standard InChI is InChI=1S/C22H26FN7O/c1-14-12-30-20(26-21(14)28-9-7-16(24)13-28)10-18(27-30)19-4-2-3-8-29(19)22(31)17-6-5-15(23)11-25-17/h5-6,10-12,16,19H,2-4,7-9,13,24H2,1H3/t16-,19-/m0/s1. The maximum absolute atomic E-state index is 13.2. The second-order valence-electron chi connectivity index (χ2n) is 8.49. The molecule has 2 fully saturated rings. The molecule has 2 aliphatic rings. The number of nitrogens with two attached hydrogens (primary N) is 1. The second kappa shape index (κ2) is 7.88. The van der Waals surface area contributed by atoms with Gasteiger partial charge in [0.1, 0.15) is 17.3 Å². The molecule has 2 saturated heterocycles. The first kappa shape index (κ1) is 19.9. The summed E-state index contributed by atoms with van der Waals surface area (Å²) in [7, 11) is 0. The van der Waals surface area contributed by atoms with Crippen LogP contribution in [-0.4, -0.2) is 56.1 Å². The van der Waals surface area contributed by atoms with E-state index in [1.165, 1.54) is 12.1 Å². The zero-order valence-electron chi connectivity index (χ0n) is 17.5. The third kappa shape index (κ3) is 3.74. The van der Waals surface area contributed by atoms with Crippen molar-refractivity contribution in [3.8, 4) is 0 Å². The highest BCUT2D eigenvalue weighted by atomic mass is 19.1. The van der Waals surface area contributed by atoms with Gasteiger partial charge in [0.2, 0.25) is 0 Å².